The van der Waals surface area contributed by atoms with Crippen molar-refractivity contribution in [3.05, 3.63) is 77.7 Å². The standard InChI is InChI=1S/C23H21ClN6O6S/c1-34-18-4-3-5-19(35-2)22(18)36-14-30-13-12-17(28-30)23(31)25-15-6-8-16(9-7-15)37(32,33)29-21-11-10-20(24)26-27-21/h3-13H,14H2,1-2H3,(H,25,31)(H,27,29). The van der Waals surface area contributed by atoms with Crippen LogP contribution in [0.1, 0.15) is 10.5 Å². The molecule has 4 rings (SSSR count). The summed E-state index contributed by atoms with van der Waals surface area (Å²) in [4.78, 5) is 12.6. The van der Waals surface area contributed by atoms with Crippen LogP contribution in [0, 0.1) is 0 Å². The zero-order valence-electron chi connectivity index (χ0n) is 19.6. The van der Waals surface area contributed by atoms with Crippen molar-refractivity contribution in [2.75, 3.05) is 24.3 Å². The first-order valence-corrected chi connectivity index (χ1v) is 12.5. The Labute approximate surface area is 217 Å². The number of carbonyl (C=O) groups is 1. The van der Waals surface area contributed by atoms with E-state index in [1.54, 1.807) is 24.4 Å². The Kier molecular flexibility index (Phi) is 7.74. The molecule has 0 radical (unpaired) electrons. The predicted octanol–water partition coefficient (Wildman–Crippen LogP) is 3.43. The third-order valence-electron chi connectivity index (χ3n) is 4.89. The molecule has 2 heterocycles. The maximum absolute atomic E-state index is 12.6. The van der Waals surface area contributed by atoms with E-state index in [2.05, 4.69) is 25.3 Å². The van der Waals surface area contributed by atoms with Gasteiger partial charge in [-0.25, -0.2) is 13.1 Å². The average molecular weight is 545 g/mol. The van der Waals surface area contributed by atoms with E-state index < -0.39 is 15.9 Å². The molecule has 4 aromatic rings. The number of benzene rings is 2. The van der Waals surface area contributed by atoms with Crippen LogP contribution in [0.5, 0.6) is 17.2 Å². The molecule has 2 aromatic heterocycles. The maximum atomic E-state index is 12.6. The molecule has 2 N–H and O–H groups in total. The number of carbonyl (C=O) groups excluding carboxylic acids is 1. The van der Waals surface area contributed by atoms with E-state index in [0.717, 1.165) is 0 Å². The molecular weight excluding hydrogens is 524 g/mol. The summed E-state index contributed by atoms with van der Waals surface area (Å²) in [5.74, 6) is 0.920. The van der Waals surface area contributed by atoms with E-state index >= 15 is 0 Å². The molecule has 0 spiro atoms. The highest BCUT2D eigenvalue weighted by Gasteiger charge is 2.17. The Morgan fingerprint density at radius 1 is 0.973 bits per heavy atom. The van der Waals surface area contributed by atoms with Gasteiger partial charge in [-0.3, -0.25) is 9.52 Å². The van der Waals surface area contributed by atoms with Crippen LogP contribution in [0.15, 0.2) is 71.8 Å². The zero-order chi connectivity index (χ0) is 26.4. The highest BCUT2D eigenvalue weighted by Crippen LogP contribution is 2.36. The number of hydrogen-bond acceptors (Lipinski definition) is 9. The number of aromatic nitrogens is 4. The number of hydrogen-bond donors (Lipinski definition) is 2. The first-order valence-electron chi connectivity index (χ1n) is 10.6. The van der Waals surface area contributed by atoms with Crippen molar-refractivity contribution in [1.82, 2.24) is 20.0 Å². The van der Waals surface area contributed by atoms with Crippen molar-refractivity contribution in [2.24, 2.45) is 0 Å². The van der Waals surface area contributed by atoms with Crippen LogP contribution in [0.4, 0.5) is 11.5 Å². The smallest absolute Gasteiger partial charge is 0.276 e. The summed E-state index contributed by atoms with van der Waals surface area (Å²) in [5, 5.41) is 14.3. The SMILES string of the molecule is COc1cccc(OC)c1OCn1ccc(C(=O)Nc2ccc(S(=O)(=O)Nc3ccc(Cl)nn3)cc2)n1. The van der Waals surface area contributed by atoms with Crippen molar-refractivity contribution in [2.45, 2.75) is 11.6 Å². The van der Waals surface area contributed by atoms with Crippen LogP contribution in [0.3, 0.4) is 0 Å². The number of amides is 1. The number of para-hydroxylation sites is 1. The Bertz CT molecular complexity index is 1470. The number of ether oxygens (including phenoxy) is 3. The predicted molar refractivity (Wildman–Crippen MR) is 135 cm³/mol. The third kappa shape index (κ3) is 6.26. The van der Waals surface area contributed by atoms with Gasteiger partial charge in [0.05, 0.1) is 19.1 Å². The minimum Gasteiger partial charge on any atom is -0.493 e. The van der Waals surface area contributed by atoms with Crippen LogP contribution in [0.25, 0.3) is 0 Å². The van der Waals surface area contributed by atoms with Gasteiger partial charge >= 0.3 is 0 Å². The van der Waals surface area contributed by atoms with E-state index in [1.807, 2.05) is 0 Å². The molecule has 0 atom stereocenters. The summed E-state index contributed by atoms with van der Waals surface area (Å²) in [6.07, 6.45) is 1.58. The van der Waals surface area contributed by atoms with Gasteiger partial charge in [-0.05, 0) is 54.6 Å². The second-order valence-electron chi connectivity index (χ2n) is 7.33. The van der Waals surface area contributed by atoms with E-state index in [1.165, 1.54) is 61.4 Å². The number of rotatable bonds is 10. The molecule has 0 bridgehead atoms. The second kappa shape index (κ2) is 11.1. The molecule has 0 saturated carbocycles. The van der Waals surface area contributed by atoms with Gasteiger partial charge in [0.15, 0.2) is 34.9 Å². The minimum atomic E-state index is -3.92. The van der Waals surface area contributed by atoms with Gasteiger partial charge in [-0.2, -0.15) is 5.10 Å². The Morgan fingerprint density at radius 2 is 1.68 bits per heavy atom. The van der Waals surface area contributed by atoms with E-state index in [0.29, 0.717) is 22.9 Å². The van der Waals surface area contributed by atoms with Gasteiger partial charge in [0.1, 0.15) is 0 Å². The minimum absolute atomic E-state index is 0.00155. The lowest BCUT2D eigenvalue weighted by atomic mass is 10.3. The van der Waals surface area contributed by atoms with Crippen molar-refractivity contribution in [3.8, 4) is 17.2 Å². The Hall–Kier alpha value is -4.36. The van der Waals surface area contributed by atoms with Crippen molar-refractivity contribution in [1.29, 1.82) is 0 Å². The van der Waals surface area contributed by atoms with Crippen molar-refractivity contribution >= 4 is 39.0 Å². The van der Waals surface area contributed by atoms with Gasteiger partial charge in [0.2, 0.25) is 5.75 Å². The molecule has 192 valence electrons. The number of sulfonamides is 1. The lowest BCUT2D eigenvalue weighted by Crippen LogP contribution is -2.16. The molecule has 0 unspecified atom stereocenters. The largest absolute Gasteiger partial charge is 0.493 e. The summed E-state index contributed by atoms with van der Waals surface area (Å²) in [7, 11) is -0.878. The molecule has 0 aliphatic rings. The first kappa shape index (κ1) is 25.7. The fourth-order valence-corrected chi connectivity index (χ4v) is 4.22. The normalized spacial score (nSPS) is 11.0. The maximum Gasteiger partial charge on any atom is 0.276 e. The van der Waals surface area contributed by atoms with E-state index in [4.69, 9.17) is 25.8 Å². The topological polar surface area (TPSA) is 147 Å². The van der Waals surface area contributed by atoms with Crippen LogP contribution in [-0.4, -0.2) is 48.5 Å². The highest BCUT2D eigenvalue weighted by atomic mass is 35.5. The average Bonchev–Trinajstić information content (AvgIpc) is 3.38. The molecule has 0 saturated heterocycles. The number of anilines is 2. The summed E-state index contributed by atoms with van der Waals surface area (Å²) in [6.45, 7) is 0.00155. The molecule has 2 aromatic carbocycles. The fraction of sp³-hybridized carbons (Fsp3) is 0.130. The van der Waals surface area contributed by atoms with Gasteiger partial charge < -0.3 is 19.5 Å². The van der Waals surface area contributed by atoms with Crippen LogP contribution >= 0.6 is 11.6 Å². The lowest BCUT2D eigenvalue weighted by Gasteiger charge is -2.13. The quantitative estimate of drug-likeness (QED) is 0.306. The summed E-state index contributed by atoms with van der Waals surface area (Å²) in [5.41, 5.74) is 0.509. The molecule has 0 fully saturated rings. The Morgan fingerprint density at radius 3 is 2.30 bits per heavy atom. The van der Waals surface area contributed by atoms with Gasteiger partial charge in [0, 0.05) is 11.9 Å². The van der Waals surface area contributed by atoms with E-state index in [-0.39, 0.29) is 28.3 Å². The molecule has 37 heavy (non-hydrogen) atoms. The van der Waals surface area contributed by atoms with Gasteiger partial charge in [0.25, 0.3) is 15.9 Å². The number of nitrogens with zero attached hydrogens (tertiary/aromatic N) is 4. The van der Waals surface area contributed by atoms with Gasteiger partial charge in [-0.15, -0.1) is 10.2 Å². The molecular formula is C23H21ClN6O6S. The molecule has 0 aliphatic heterocycles. The summed E-state index contributed by atoms with van der Waals surface area (Å²) < 4.78 is 45.2. The Balaban J connectivity index is 1.38. The molecule has 12 nitrogen and oxygen atoms in total. The number of methoxy groups -OCH3 is 2. The highest BCUT2D eigenvalue weighted by molar-refractivity contribution is 7.92. The summed E-state index contributed by atoms with van der Waals surface area (Å²) in [6, 6.07) is 15.1. The van der Waals surface area contributed by atoms with Crippen LogP contribution < -0.4 is 24.2 Å². The van der Waals surface area contributed by atoms with E-state index in [9.17, 15) is 13.2 Å². The van der Waals surface area contributed by atoms with Gasteiger partial charge in [-0.1, -0.05) is 17.7 Å². The number of halogens is 1. The molecule has 1 amide bonds. The molecule has 14 heteroatoms. The van der Waals surface area contributed by atoms with Crippen LogP contribution in [0.2, 0.25) is 5.15 Å². The van der Waals surface area contributed by atoms with Crippen molar-refractivity contribution in [3.63, 3.8) is 0 Å². The molecule has 0 aliphatic carbocycles. The zero-order valence-corrected chi connectivity index (χ0v) is 21.2. The first-order chi connectivity index (χ1) is 17.8. The second-order valence-corrected chi connectivity index (χ2v) is 9.40. The number of nitrogens with one attached hydrogen (secondary N) is 2. The van der Waals surface area contributed by atoms with Crippen LogP contribution in [-0.2, 0) is 16.8 Å². The fourth-order valence-electron chi connectivity index (χ4n) is 3.12. The monoisotopic (exact) mass is 544 g/mol. The summed E-state index contributed by atoms with van der Waals surface area (Å²) >= 11 is 5.66. The van der Waals surface area contributed by atoms with Crippen molar-refractivity contribution < 1.29 is 27.4 Å². The lowest BCUT2D eigenvalue weighted by molar-refractivity contribution is 0.102. The third-order valence-corrected chi connectivity index (χ3v) is 6.46.